The van der Waals surface area contributed by atoms with Crippen LogP contribution >= 0.6 is 23.1 Å². The molecule has 0 aliphatic carbocycles. The van der Waals surface area contributed by atoms with Crippen molar-refractivity contribution in [2.24, 2.45) is 0 Å². The second-order valence-electron chi connectivity index (χ2n) is 6.44. The number of halogens is 2. The average Bonchev–Trinajstić information content (AvgIpc) is 3.18. The van der Waals surface area contributed by atoms with Crippen molar-refractivity contribution in [3.8, 4) is 0 Å². The Bertz CT molecular complexity index is 879. The number of hydrogen-bond acceptors (Lipinski definition) is 4. The molecule has 3 nitrogen and oxygen atoms in total. The number of aryl methyl sites for hydroxylation is 1. The molecule has 3 rings (SSSR count). The van der Waals surface area contributed by atoms with Gasteiger partial charge in [0.2, 0.25) is 0 Å². The quantitative estimate of drug-likeness (QED) is 0.547. The number of thioether (sulfide) groups is 1. The highest BCUT2D eigenvalue weighted by atomic mass is 32.2. The zero-order chi connectivity index (χ0) is 19.9. The molecule has 0 radical (unpaired) electrons. The van der Waals surface area contributed by atoms with E-state index in [1.807, 2.05) is 23.6 Å². The molecule has 148 valence electrons. The van der Waals surface area contributed by atoms with Gasteiger partial charge in [0.05, 0.1) is 17.1 Å². The molecule has 2 aromatic rings. The average molecular weight is 422 g/mol. The smallest absolute Gasteiger partial charge is 0.338 e. The van der Waals surface area contributed by atoms with E-state index in [0.29, 0.717) is 25.1 Å². The second kappa shape index (κ2) is 9.89. The standard InChI is InChI=1S/C21H21F2NO2S2/c22-18-9-8-15(13-19(18)23)5-1-2-11-28-20-17(21(25)26)7-3-10-24(20)14-16-6-4-12-27-16/h3-4,6-9,12-13H,1-2,5,10-11,14H2,(H,25,26). The van der Waals surface area contributed by atoms with E-state index >= 15 is 0 Å². The van der Waals surface area contributed by atoms with Crippen LogP contribution in [0.3, 0.4) is 0 Å². The normalized spacial score (nSPS) is 14.0. The van der Waals surface area contributed by atoms with Crippen molar-refractivity contribution >= 4 is 29.1 Å². The van der Waals surface area contributed by atoms with Gasteiger partial charge in [0.15, 0.2) is 11.6 Å². The first-order chi connectivity index (χ1) is 13.5. The van der Waals surface area contributed by atoms with Gasteiger partial charge in [0.25, 0.3) is 0 Å². The minimum atomic E-state index is -0.920. The van der Waals surface area contributed by atoms with Crippen LogP contribution in [0.5, 0.6) is 0 Å². The van der Waals surface area contributed by atoms with E-state index in [1.165, 1.54) is 10.9 Å². The molecule has 28 heavy (non-hydrogen) atoms. The van der Waals surface area contributed by atoms with E-state index in [9.17, 15) is 18.7 Å². The molecule has 1 aliphatic heterocycles. The van der Waals surface area contributed by atoms with Gasteiger partial charge in [-0.1, -0.05) is 18.2 Å². The molecule has 1 aromatic carbocycles. The Morgan fingerprint density at radius 2 is 2.07 bits per heavy atom. The highest BCUT2D eigenvalue weighted by Gasteiger charge is 2.21. The lowest BCUT2D eigenvalue weighted by Gasteiger charge is -2.29. The lowest BCUT2D eigenvalue weighted by atomic mass is 10.1. The number of carbonyl (C=O) groups is 1. The molecule has 1 N–H and O–H groups in total. The molecule has 0 saturated heterocycles. The number of rotatable bonds is 9. The number of nitrogens with zero attached hydrogens (tertiary/aromatic N) is 1. The first-order valence-electron chi connectivity index (χ1n) is 9.03. The molecule has 0 fully saturated rings. The molecule has 0 atom stereocenters. The van der Waals surface area contributed by atoms with Crippen LogP contribution in [0.2, 0.25) is 0 Å². The fourth-order valence-electron chi connectivity index (χ4n) is 2.98. The van der Waals surface area contributed by atoms with Gasteiger partial charge in [-0.3, -0.25) is 0 Å². The van der Waals surface area contributed by atoms with E-state index in [0.717, 1.165) is 35.3 Å². The van der Waals surface area contributed by atoms with Crippen LogP contribution in [-0.2, 0) is 17.8 Å². The third-order valence-corrected chi connectivity index (χ3v) is 6.47. The summed E-state index contributed by atoms with van der Waals surface area (Å²) in [6, 6.07) is 8.04. The molecule has 2 heterocycles. The van der Waals surface area contributed by atoms with Gasteiger partial charge < -0.3 is 10.0 Å². The fraction of sp³-hybridized carbons (Fsp3) is 0.286. The number of benzene rings is 1. The van der Waals surface area contributed by atoms with Gasteiger partial charge in [-0.05, 0) is 60.2 Å². The van der Waals surface area contributed by atoms with E-state index in [4.69, 9.17) is 0 Å². The molecule has 0 amide bonds. The van der Waals surface area contributed by atoms with E-state index < -0.39 is 17.6 Å². The lowest BCUT2D eigenvalue weighted by Crippen LogP contribution is -2.26. The van der Waals surface area contributed by atoms with E-state index in [1.54, 1.807) is 35.2 Å². The second-order valence-corrected chi connectivity index (χ2v) is 8.56. The first-order valence-corrected chi connectivity index (χ1v) is 10.9. The molecule has 1 aliphatic rings. The number of thiophene rings is 1. The van der Waals surface area contributed by atoms with Crippen LogP contribution in [-0.4, -0.2) is 28.3 Å². The van der Waals surface area contributed by atoms with Crippen molar-refractivity contribution in [1.82, 2.24) is 4.90 Å². The summed E-state index contributed by atoms with van der Waals surface area (Å²) >= 11 is 3.21. The highest BCUT2D eigenvalue weighted by molar-refractivity contribution is 8.03. The van der Waals surface area contributed by atoms with Crippen LogP contribution in [0.15, 0.2) is 58.5 Å². The Balaban J connectivity index is 1.56. The number of unbranched alkanes of at least 4 members (excludes halogenated alkanes) is 1. The van der Waals surface area contributed by atoms with Crippen LogP contribution < -0.4 is 0 Å². The van der Waals surface area contributed by atoms with Gasteiger partial charge in [0.1, 0.15) is 0 Å². The number of carboxylic acids is 1. The minimum absolute atomic E-state index is 0.327. The molecule has 0 spiro atoms. The predicted octanol–water partition coefficient (Wildman–Crippen LogP) is 5.45. The summed E-state index contributed by atoms with van der Waals surface area (Å²) in [7, 11) is 0. The molecular formula is C21H21F2NO2S2. The predicted molar refractivity (Wildman–Crippen MR) is 110 cm³/mol. The molecule has 0 bridgehead atoms. The third kappa shape index (κ3) is 5.45. The molecule has 1 aromatic heterocycles. The van der Waals surface area contributed by atoms with Crippen LogP contribution in [0.4, 0.5) is 8.78 Å². The Morgan fingerprint density at radius 3 is 2.79 bits per heavy atom. The van der Waals surface area contributed by atoms with Gasteiger partial charge in [0, 0.05) is 11.4 Å². The summed E-state index contributed by atoms with van der Waals surface area (Å²) in [6.45, 7) is 1.38. The molecule has 0 saturated carbocycles. The molecular weight excluding hydrogens is 400 g/mol. The minimum Gasteiger partial charge on any atom is -0.478 e. The zero-order valence-corrected chi connectivity index (χ0v) is 16.9. The number of carboxylic acid groups (broad SMARTS) is 1. The van der Waals surface area contributed by atoms with Crippen LogP contribution in [0, 0.1) is 11.6 Å². The van der Waals surface area contributed by atoms with E-state index in [-0.39, 0.29) is 0 Å². The van der Waals surface area contributed by atoms with Crippen molar-refractivity contribution in [1.29, 1.82) is 0 Å². The molecule has 0 unspecified atom stereocenters. The maximum atomic E-state index is 13.3. The Morgan fingerprint density at radius 1 is 1.21 bits per heavy atom. The van der Waals surface area contributed by atoms with Crippen molar-refractivity contribution in [2.45, 2.75) is 25.8 Å². The van der Waals surface area contributed by atoms with Crippen molar-refractivity contribution < 1.29 is 18.7 Å². The van der Waals surface area contributed by atoms with Gasteiger partial charge in [-0.25, -0.2) is 13.6 Å². The van der Waals surface area contributed by atoms with Gasteiger partial charge >= 0.3 is 5.97 Å². The third-order valence-electron chi connectivity index (χ3n) is 4.37. The Kier molecular flexibility index (Phi) is 7.28. The van der Waals surface area contributed by atoms with E-state index in [2.05, 4.69) is 4.90 Å². The summed E-state index contributed by atoms with van der Waals surface area (Å²) in [5.41, 5.74) is 1.10. The summed E-state index contributed by atoms with van der Waals surface area (Å²) in [6.07, 6.45) is 5.91. The summed E-state index contributed by atoms with van der Waals surface area (Å²) in [4.78, 5) is 14.9. The first kappa shape index (κ1) is 20.6. The monoisotopic (exact) mass is 421 g/mol. The summed E-state index contributed by atoms with van der Waals surface area (Å²) in [5, 5.41) is 12.3. The highest BCUT2D eigenvalue weighted by Crippen LogP contribution is 2.31. The lowest BCUT2D eigenvalue weighted by molar-refractivity contribution is -0.132. The van der Waals surface area contributed by atoms with Crippen molar-refractivity contribution in [3.63, 3.8) is 0 Å². The summed E-state index contributed by atoms with van der Waals surface area (Å²) in [5.74, 6) is -1.80. The van der Waals surface area contributed by atoms with Gasteiger partial charge in [-0.2, -0.15) is 0 Å². The SMILES string of the molecule is O=C(O)C1=C(SCCCCc2ccc(F)c(F)c2)N(Cc2cccs2)CC=C1. The topological polar surface area (TPSA) is 40.5 Å². The van der Waals surface area contributed by atoms with Crippen LogP contribution in [0.1, 0.15) is 23.3 Å². The largest absolute Gasteiger partial charge is 0.478 e. The van der Waals surface area contributed by atoms with Crippen molar-refractivity contribution in [2.75, 3.05) is 12.3 Å². The fourth-order valence-corrected chi connectivity index (χ4v) is 4.87. The number of hydrogen-bond donors (Lipinski definition) is 1. The summed E-state index contributed by atoms with van der Waals surface area (Å²) < 4.78 is 26.2. The van der Waals surface area contributed by atoms with Gasteiger partial charge in [-0.15, -0.1) is 23.1 Å². The maximum absolute atomic E-state index is 13.3. The zero-order valence-electron chi connectivity index (χ0n) is 15.2. The Hall–Kier alpha value is -2.12. The number of aliphatic carboxylic acids is 1. The maximum Gasteiger partial charge on any atom is 0.338 e. The van der Waals surface area contributed by atoms with Crippen LogP contribution in [0.25, 0.3) is 0 Å². The van der Waals surface area contributed by atoms with Crippen molar-refractivity contribution in [3.05, 3.63) is 80.5 Å². The molecule has 7 heteroatoms. The Labute approximate surface area is 171 Å².